The molecule has 0 atom stereocenters. The molecular formula is C13H15BrN2O3. The Kier molecular flexibility index (Phi) is 4.19. The van der Waals surface area contributed by atoms with Crippen LogP contribution in [0.25, 0.3) is 0 Å². The topological polar surface area (TPSA) is 63.5 Å². The fourth-order valence-corrected chi connectivity index (χ4v) is 2.41. The molecule has 102 valence electrons. The SMILES string of the molecule is Cc1ccc(C(=O)N(CCBr)C2CC2)cc1[N+](=O)[O-]. The Balaban J connectivity index is 2.27. The molecule has 5 nitrogen and oxygen atoms in total. The van der Waals surface area contributed by atoms with Crippen molar-refractivity contribution in [2.45, 2.75) is 25.8 Å². The average molecular weight is 327 g/mol. The molecule has 0 unspecified atom stereocenters. The molecule has 1 aliphatic rings. The van der Waals surface area contributed by atoms with Gasteiger partial charge >= 0.3 is 0 Å². The van der Waals surface area contributed by atoms with Crippen LogP contribution in [0.4, 0.5) is 5.69 Å². The summed E-state index contributed by atoms with van der Waals surface area (Å²) in [5, 5.41) is 11.6. The summed E-state index contributed by atoms with van der Waals surface area (Å²) in [6.07, 6.45) is 2.04. The van der Waals surface area contributed by atoms with Gasteiger partial charge in [0.05, 0.1) is 4.92 Å². The lowest BCUT2D eigenvalue weighted by Gasteiger charge is -2.21. The first-order chi connectivity index (χ1) is 9.04. The summed E-state index contributed by atoms with van der Waals surface area (Å²) in [7, 11) is 0. The van der Waals surface area contributed by atoms with E-state index in [4.69, 9.17) is 0 Å². The van der Waals surface area contributed by atoms with Gasteiger partial charge < -0.3 is 4.90 Å². The van der Waals surface area contributed by atoms with E-state index in [1.807, 2.05) is 0 Å². The molecule has 0 aromatic heterocycles. The second-order valence-electron chi connectivity index (χ2n) is 4.68. The van der Waals surface area contributed by atoms with Crippen molar-refractivity contribution in [2.75, 3.05) is 11.9 Å². The van der Waals surface area contributed by atoms with Crippen LogP contribution in [0.2, 0.25) is 0 Å². The number of nitro benzene ring substituents is 1. The van der Waals surface area contributed by atoms with Crippen LogP contribution in [0.3, 0.4) is 0 Å². The van der Waals surface area contributed by atoms with Crippen molar-refractivity contribution in [1.82, 2.24) is 4.90 Å². The molecule has 0 saturated heterocycles. The first-order valence-corrected chi connectivity index (χ1v) is 7.28. The highest BCUT2D eigenvalue weighted by Gasteiger charge is 2.33. The molecule has 6 heteroatoms. The molecule has 0 radical (unpaired) electrons. The summed E-state index contributed by atoms with van der Waals surface area (Å²) in [6, 6.07) is 4.96. The van der Waals surface area contributed by atoms with Gasteiger partial charge in [0.2, 0.25) is 0 Å². The van der Waals surface area contributed by atoms with Crippen molar-refractivity contribution in [1.29, 1.82) is 0 Å². The van der Waals surface area contributed by atoms with Crippen LogP contribution >= 0.6 is 15.9 Å². The molecular weight excluding hydrogens is 312 g/mol. The Bertz CT molecular complexity index is 515. The minimum Gasteiger partial charge on any atom is -0.335 e. The van der Waals surface area contributed by atoms with Gasteiger partial charge in [-0.1, -0.05) is 22.0 Å². The number of benzene rings is 1. The van der Waals surface area contributed by atoms with Crippen LogP contribution in [0, 0.1) is 17.0 Å². The number of carbonyl (C=O) groups is 1. The van der Waals surface area contributed by atoms with Crippen molar-refractivity contribution in [3.63, 3.8) is 0 Å². The molecule has 1 fully saturated rings. The van der Waals surface area contributed by atoms with Crippen LogP contribution in [-0.4, -0.2) is 33.6 Å². The molecule has 1 aliphatic carbocycles. The average Bonchev–Trinajstić information content (AvgIpc) is 3.19. The van der Waals surface area contributed by atoms with Crippen LogP contribution in [0.1, 0.15) is 28.8 Å². The highest BCUT2D eigenvalue weighted by atomic mass is 79.9. The molecule has 2 rings (SSSR count). The zero-order chi connectivity index (χ0) is 14.0. The second-order valence-corrected chi connectivity index (χ2v) is 5.47. The molecule has 1 amide bonds. The lowest BCUT2D eigenvalue weighted by Crippen LogP contribution is -2.34. The Hall–Kier alpha value is -1.43. The van der Waals surface area contributed by atoms with Crippen molar-refractivity contribution >= 4 is 27.5 Å². The van der Waals surface area contributed by atoms with Gasteiger partial charge in [-0.25, -0.2) is 0 Å². The quantitative estimate of drug-likeness (QED) is 0.474. The predicted molar refractivity (Wildman–Crippen MR) is 75.7 cm³/mol. The first-order valence-electron chi connectivity index (χ1n) is 6.16. The monoisotopic (exact) mass is 326 g/mol. The third kappa shape index (κ3) is 3.12. The second kappa shape index (κ2) is 5.69. The van der Waals surface area contributed by atoms with Crippen molar-refractivity contribution < 1.29 is 9.72 Å². The molecule has 0 N–H and O–H groups in total. The van der Waals surface area contributed by atoms with E-state index in [0.29, 0.717) is 29.0 Å². The number of nitro groups is 1. The highest BCUT2D eigenvalue weighted by Crippen LogP contribution is 2.29. The minimum atomic E-state index is -0.446. The zero-order valence-electron chi connectivity index (χ0n) is 10.6. The van der Waals surface area contributed by atoms with E-state index in [-0.39, 0.29) is 11.6 Å². The number of carbonyl (C=O) groups excluding carboxylic acids is 1. The van der Waals surface area contributed by atoms with Gasteiger partial charge in [0.25, 0.3) is 11.6 Å². The van der Waals surface area contributed by atoms with Crippen LogP contribution in [0.15, 0.2) is 18.2 Å². The highest BCUT2D eigenvalue weighted by molar-refractivity contribution is 9.09. The summed E-state index contributed by atoms with van der Waals surface area (Å²) < 4.78 is 0. The fourth-order valence-electron chi connectivity index (χ4n) is 2.03. The third-order valence-corrected chi connectivity index (χ3v) is 3.58. The van der Waals surface area contributed by atoms with Gasteiger partial charge in [0.1, 0.15) is 0 Å². The maximum absolute atomic E-state index is 12.4. The molecule has 0 bridgehead atoms. The smallest absolute Gasteiger partial charge is 0.273 e. The summed E-state index contributed by atoms with van der Waals surface area (Å²) in [6.45, 7) is 2.30. The van der Waals surface area contributed by atoms with E-state index in [0.717, 1.165) is 12.8 Å². The van der Waals surface area contributed by atoms with Gasteiger partial charge in [-0.15, -0.1) is 0 Å². The van der Waals surface area contributed by atoms with Crippen LogP contribution in [-0.2, 0) is 0 Å². The fraction of sp³-hybridized carbons (Fsp3) is 0.462. The number of nitrogens with zero attached hydrogens (tertiary/aromatic N) is 2. The molecule has 1 aromatic carbocycles. The van der Waals surface area contributed by atoms with Crippen molar-refractivity contribution in [2.24, 2.45) is 0 Å². The Morgan fingerprint density at radius 3 is 2.74 bits per heavy atom. The van der Waals surface area contributed by atoms with Crippen LogP contribution < -0.4 is 0 Å². The predicted octanol–water partition coefficient (Wildman–Crippen LogP) is 2.90. The van der Waals surface area contributed by atoms with E-state index in [9.17, 15) is 14.9 Å². The maximum Gasteiger partial charge on any atom is 0.273 e. The minimum absolute atomic E-state index is 0.000407. The van der Waals surface area contributed by atoms with Crippen LogP contribution in [0.5, 0.6) is 0 Å². The normalized spacial score (nSPS) is 14.2. The maximum atomic E-state index is 12.4. The standard InChI is InChI=1S/C13H15BrN2O3/c1-9-2-3-10(8-12(9)16(18)19)13(17)15(7-6-14)11-4-5-11/h2-3,8,11H,4-7H2,1H3. The van der Waals surface area contributed by atoms with Gasteiger partial charge in [-0.3, -0.25) is 14.9 Å². The molecule has 0 spiro atoms. The summed E-state index contributed by atoms with van der Waals surface area (Å²) >= 11 is 3.33. The first kappa shape index (κ1) is 14.0. The number of aryl methyl sites for hydroxylation is 1. The zero-order valence-corrected chi connectivity index (χ0v) is 12.2. The Morgan fingerprint density at radius 2 is 2.21 bits per heavy atom. The number of halogens is 1. The molecule has 19 heavy (non-hydrogen) atoms. The summed E-state index contributed by atoms with van der Waals surface area (Å²) in [4.78, 5) is 24.6. The van der Waals surface area contributed by atoms with E-state index < -0.39 is 4.92 Å². The summed E-state index contributed by atoms with van der Waals surface area (Å²) in [5.41, 5.74) is 0.964. The number of rotatable bonds is 5. The van der Waals surface area contributed by atoms with E-state index in [1.54, 1.807) is 24.0 Å². The van der Waals surface area contributed by atoms with Gasteiger partial charge in [-0.2, -0.15) is 0 Å². The number of amides is 1. The van der Waals surface area contributed by atoms with E-state index in [2.05, 4.69) is 15.9 Å². The summed E-state index contributed by atoms with van der Waals surface area (Å²) in [5.74, 6) is -0.120. The van der Waals surface area contributed by atoms with E-state index in [1.165, 1.54) is 6.07 Å². The van der Waals surface area contributed by atoms with Gasteiger partial charge in [0.15, 0.2) is 0 Å². The van der Waals surface area contributed by atoms with Gasteiger partial charge in [-0.05, 0) is 25.8 Å². The molecule has 0 heterocycles. The molecule has 1 aromatic rings. The largest absolute Gasteiger partial charge is 0.335 e. The lowest BCUT2D eigenvalue weighted by atomic mass is 10.1. The molecule has 1 saturated carbocycles. The Labute approximate surface area is 119 Å². The number of hydrogen-bond donors (Lipinski definition) is 0. The van der Waals surface area contributed by atoms with Gasteiger partial charge in [0, 0.05) is 35.1 Å². The third-order valence-electron chi connectivity index (χ3n) is 3.23. The van der Waals surface area contributed by atoms with E-state index >= 15 is 0 Å². The Morgan fingerprint density at radius 1 is 1.53 bits per heavy atom. The number of alkyl halides is 1. The van der Waals surface area contributed by atoms with Crippen molar-refractivity contribution in [3.05, 3.63) is 39.4 Å². The lowest BCUT2D eigenvalue weighted by molar-refractivity contribution is -0.385. The van der Waals surface area contributed by atoms with Crippen molar-refractivity contribution in [3.8, 4) is 0 Å². The molecule has 0 aliphatic heterocycles. The number of hydrogen-bond acceptors (Lipinski definition) is 3.